The quantitative estimate of drug-likeness (QED) is 0.387. The lowest BCUT2D eigenvalue weighted by Gasteiger charge is -2.25. The molecular formula is C28H25N3. The molecule has 1 aromatic heterocycles. The minimum absolute atomic E-state index is 1.13. The Hall–Kier alpha value is -3.72. The lowest BCUT2D eigenvalue weighted by atomic mass is 9.79. The maximum atomic E-state index is 3.72. The van der Waals surface area contributed by atoms with Crippen LogP contribution in [0.1, 0.15) is 30.4 Å². The zero-order valence-corrected chi connectivity index (χ0v) is 17.5. The van der Waals surface area contributed by atoms with E-state index in [0.717, 1.165) is 17.8 Å². The predicted molar refractivity (Wildman–Crippen MR) is 129 cm³/mol. The number of nitrogens with zero attached hydrogens (tertiary/aromatic N) is 2. The third-order valence-electron chi connectivity index (χ3n) is 5.91. The van der Waals surface area contributed by atoms with Crippen LogP contribution in [0.3, 0.4) is 0 Å². The van der Waals surface area contributed by atoms with E-state index in [4.69, 9.17) is 0 Å². The highest BCUT2D eigenvalue weighted by Gasteiger charge is 2.20. The maximum Gasteiger partial charge on any atom is 0.0451 e. The lowest BCUT2D eigenvalue weighted by molar-refractivity contribution is 0.904. The highest BCUT2D eigenvalue weighted by molar-refractivity contribution is 5.94. The minimum atomic E-state index is 1.13. The monoisotopic (exact) mass is 403 g/mol. The molecule has 0 saturated carbocycles. The average Bonchev–Trinajstić information content (AvgIpc) is 2.85. The summed E-state index contributed by atoms with van der Waals surface area (Å²) in [7, 11) is 0. The predicted octanol–water partition coefficient (Wildman–Crippen LogP) is 7.11. The van der Waals surface area contributed by atoms with E-state index in [1.807, 2.05) is 6.07 Å². The number of hydrogen-bond donors (Lipinski definition) is 1. The summed E-state index contributed by atoms with van der Waals surface area (Å²) in [5.41, 5.74) is 8.44. The van der Waals surface area contributed by atoms with Gasteiger partial charge >= 0.3 is 0 Å². The molecule has 0 amide bonds. The zero-order chi connectivity index (χ0) is 20.9. The Morgan fingerprint density at radius 1 is 0.710 bits per heavy atom. The van der Waals surface area contributed by atoms with Crippen LogP contribution in [-0.2, 0) is 6.42 Å². The van der Waals surface area contributed by atoms with E-state index in [1.165, 1.54) is 41.2 Å². The fourth-order valence-corrected chi connectivity index (χ4v) is 4.48. The molecule has 31 heavy (non-hydrogen) atoms. The van der Waals surface area contributed by atoms with Crippen LogP contribution >= 0.6 is 0 Å². The van der Waals surface area contributed by atoms with Crippen LogP contribution in [0.25, 0.3) is 16.3 Å². The maximum absolute atomic E-state index is 3.72. The standard InChI is InChI=1S/C24H21N.C4H4N2/c1-2-7-19(8-3-1)25-20-12-15-22-18(16-20)11-14-23-21-9-5-4-6-17(21)10-13-24(22)23;1-2-6-4-3-5-1/h1-4,6-8,11-12,14-16,25H,5,9-10,13H2;1-4H. The number of benzene rings is 3. The number of fused-ring (bicyclic) bond motifs is 4. The van der Waals surface area contributed by atoms with Gasteiger partial charge in [0.1, 0.15) is 0 Å². The number of hydrogen-bond acceptors (Lipinski definition) is 3. The SMILES string of the molecule is C1=CC2=C(CC1)c1ccc3cc(Nc4ccccc4)ccc3c1CC2.c1cnccn1. The molecule has 152 valence electrons. The van der Waals surface area contributed by atoms with Crippen molar-refractivity contribution in [2.24, 2.45) is 0 Å². The third kappa shape index (κ3) is 4.26. The van der Waals surface area contributed by atoms with E-state index in [-0.39, 0.29) is 0 Å². The molecule has 0 bridgehead atoms. The highest BCUT2D eigenvalue weighted by atomic mass is 14.9. The molecule has 0 spiro atoms. The molecule has 0 saturated heterocycles. The summed E-state index contributed by atoms with van der Waals surface area (Å²) in [6.07, 6.45) is 15.9. The largest absolute Gasteiger partial charge is 0.356 e. The van der Waals surface area contributed by atoms with E-state index in [9.17, 15) is 0 Å². The van der Waals surface area contributed by atoms with Crippen molar-refractivity contribution < 1.29 is 0 Å². The molecule has 0 aliphatic heterocycles. The number of nitrogens with one attached hydrogen (secondary N) is 1. The van der Waals surface area contributed by atoms with Gasteiger partial charge in [0, 0.05) is 36.2 Å². The molecule has 6 rings (SSSR count). The summed E-state index contributed by atoms with van der Waals surface area (Å²) in [6.45, 7) is 0. The lowest BCUT2D eigenvalue weighted by Crippen LogP contribution is -2.07. The van der Waals surface area contributed by atoms with Gasteiger partial charge < -0.3 is 5.32 Å². The molecule has 0 fully saturated rings. The van der Waals surface area contributed by atoms with Crippen LogP contribution in [0.4, 0.5) is 11.4 Å². The Kier molecular flexibility index (Phi) is 5.57. The molecule has 0 atom stereocenters. The topological polar surface area (TPSA) is 37.8 Å². The van der Waals surface area contributed by atoms with E-state index in [1.54, 1.807) is 35.9 Å². The van der Waals surface area contributed by atoms with Crippen molar-refractivity contribution in [3.63, 3.8) is 0 Å². The first-order valence-electron chi connectivity index (χ1n) is 10.8. The Bertz CT molecular complexity index is 1210. The summed E-state index contributed by atoms with van der Waals surface area (Å²) in [5, 5.41) is 6.25. The van der Waals surface area contributed by atoms with Gasteiger partial charge in [-0.25, -0.2) is 0 Å². The van der Waals surface area contributed by atoms with Crippen molar-refractivity contribution in [1.29, 1.82) is 0 Å². The Morgan fingerprint density at radius 3 is 2.29 bits per heavy atom. The van der Waals surface area contributed by atoms with E-state index < -0.39 is 0 Å². The van der Waals surface area contributed by atoms with Crippen LogP contribution in [0.2, 0.25) is 0 Å². The van der Waals surface area contributed by atoms with Crippen molar-refractivity contribution in [3.8, 4) is 0 Å². The average molecular weight is 404 g/mol. The number of anilines is 2. The zero-order valence-electron chi connectivity index (χ0n) is 17.5. The van der Waals surface area contributed by atoms with Gasteiger partial charge in [0.05, 0.1) is 0 Å². The van der Waals surface area contributed by atoms with Crippen molar-refractivity contribution in [2.75, 3.05) is 5.32 Å². The summed E-state index contributed by atoms with van der Waals surface area (Å²) in [5.74, 6) is 0. The van der Waals surface area contributed by atoms with E-state index in [2.05, 4.69) is 82.0 Å². The first-order valence-corrected chi connectivity index (χ1v) is 10.8. The van der Waals surface area contributed by atoms with Crippen molar-refractivity contribution in [1.82, 2.24) is 9.97 Å². The van der Waals surface area contributed by atoms with Gasteiger partial charge in [-0.3, -0.25) is 9.97 Å². The van der Waals surface area contributed by atoms with Crippen molar-refractivity contribution >= 4 is 27.7 Å². The summed E-state index contributed by atoms with van der Waals surface area (Å²) in [6, 6.07) is 21.8. The summed E-state index contributed by atoms with van der Waals surface area (Å²) < 4.78 is 0. The second-order valence-corrected chi connectivity index (χ2v) is 7.86. The van der Waals surface area contributed by atoms with Crippen LogP contribution in [0.15, 0.2) is 103 Å². The molecule has 3 heteroatoms. The van der Waals surface area contributed by atoms with Gasteiger partial charge in [-0.15, -0.1) is 0 Å². The van der Waals surface area contributed by atoms with Crippen LogP contribution in [0.5, 0.6) is 0 Å². The first-order chi connectivity index (χ1) is 15.4. The minimum Gasteiger partial charge on any atom is -0.356 e. The van der Waals surface area contributed by atoms with Crippen LogP contribution < -0.4 is 5.32 Å². The Morgan fingerprint density at radius 2 is 1.52 bits per heavy atom. The number of allylic oxidation sites excluding steroid dienone is 4. The smallest absolute Gasteiger partial charge is 0.0451 e. The number of aryl methyl sites for hydroxylation is 1. The highest BCUT2D eigenvalue weighted by Crippen LogP contribution is 2.40. The number of para-hydroxylation sites is 1. The fourth-order valence-electron chi connectivity index (χ4n) is 4.48. The van der Waals surface area contributed by atoms with E-state index in [0.29, 0.717) is 0 Å². The molecule has 3 aromatic carbocycles. The molecule has 1 N–H and O–H groups in total. The van der Waals surface area contributed by atoms with Crippen molar-refractivity contribution in [2.45, 2.75) is 25.7 Å². The van der Waals surface area contributed by atoms with Crippen LogP contribution in [0, 0.1) is 0 Å². The normalized spacial score (nSPS) is 14.3. The van der Waals surface area contributed by atoms with Gasteiger partial charge in [-0.1, -0.05) is 48.6 Å². The molecule has 2 aliphatic carbocycles. The van der Waals surface area contributed by atoms with Gasteiger partial charge in [0.2, 0.25) is 0 Å². The second kappa shape index (κ2) is 8.97. The number of aromatic nitrogens is 2. The molecule has 1 heterocycles. The third-order valence-corrected chi connectivity index (χ3v) is 5.91. The first kappa shape index (κ1) is 19.3. The molecular weight excluding hydrogens is 378 g/mol. The molecule has 4 aromatic rings. The van der Waals surface area contributed by atoms with Gasteiger partial charge in [-0.2, -0.15) is 0 Å². The Balaban J connectivity index is 0.000000296. The van der Waals surface area contributed by atoms with Gasteiger partial charge in [0.25, 0.3) is 0 Å². The second-order valence-electron chi connectivity index (χ2n) is 7.86. The van der Waals surface area contributed by atoms with Gasteiger partial charge in [0.15, 0.2) is 0 Å². The van der Waals surface area contributed by atoms with Crippen molar-refractivity contribution in [3.05, 3.63) is 114 Å². The molecule has 2 aliphatic rings. The van der Waals surface area contributed by atoms with Gasteiger partial charge in [-0.05, 0) is 83.0 Å². The fraction of sp³-hybridized carbons (Fsp3) is 0.143. The summed E-state index contributed by atoms with van der Waals surface area (Å²) in [4.78, 5) is 7.44. The number of rotatable bonds is 2. The van der Waals surface area contributed by atoms with Crippen LogP contribution in [-0.4, -0.2) is 9.97 Å². The molecule has 0 radical (unpaired) electrons. The molecule has 3 nitrogen and oxygen atoms in total. The Labute approximate surface area is 183 Å². The molecule has 0 unspecified atom stereocenters. The summed E-state index contributed by atoms with van der Waals surface area (Å²) >= 11 is 0. The van der Waals surface area contributed by atoms with E-state index >= 15 is 0 Å².